The second kappa shape index (κ2) is 19.6. The topological polar surface area (TPSA) is 278 Å². The predicted molar refractivity (Wildman–Crippen MR) is 165 cm³/mol. The highest BCUT2D eigenvalue weighted by Crippen LogP contribution is 2.30. The van der Waals surface area contributed by atoms with E-state index < -0.39 is 74.7 Å². The SMILES string of the molecule is O=C([O-])CN(CCN(CC(=O)[O-])CC(COc1ccc(-c2ccccc2NC(=O)C2CCCC(=O)N2)cc1)N(CC(=O)[O-])CC(=O)[O-])CC(=O)[O-]. The van der Waals surface area contributed by atoms with Crippen LogP contribution in [0.2, 0.25) is 0 Å². The Morgan fingerprint density at radius 1 is 0.765 bits per heavy atom. The molecule has 1 saturated heterocycles. The number of rotatable bonds is 22. The lowest BCUT2D eigenvalue weighted by atomic mass is 10.0. The van der Waals surface area contributed by atoms with Gasteiger partial charge in [0.2, 0.25) is 11.8 Å². The lowest BCUT2D eigenvalue weighted by molar-refractivity contribution is -0.313. The molecule has 2 aromatic rings. The standard InChI is InChI=1S/C33H41N5O13/c39-27-7-3-6-26(34-27)33(50)35-25-5-2-1-4-24(25)21-8-10-23(11-9-21)51-20-22(38(18-31(46)47)19-32(48)49)14-36(15-28(40)41)12-13-37(16-29(42)43)17-30(44)45/h1-2,4-5,8-11,22,26H,3,6-7,12-20H2,(H,34,39)(H,35,50)(H,40,41)(H,42,43)(H,44,45)(H,46,47)(H,48,49)/p-5. The van der Waals surface area contributed by atoms with Crippen LogP contribution in [0.25, 0.3) is 11.1 Å². The van der Waals surface area contributed by atoms with E-state index in [2.05, 4.69) is 10.6 Å². The molecule has 2 unspecified atom stereocenters. The summed E-state index contributed by atoms with van der Waals surface area (Å²) in [7, 11) is 0. The summed E-state index contributed by atoms with van der Waals surface area (Å²) in [4.78, 5) is 84.4. The van der Waals surface area contributed by atoms with E-state index in [0.29, 0.717) is 36.1 Å². The van der Waals surface area contributed by atoms with Gasteiger partial charge in [0, 0.05) is 70.0 Å². The van der Waals surface area contributed by atoms with Crippen LogP contribution in [0.3, 0.4) is 0 Å². The maximum Gasteiger partial charge on any atom is 0.246 e. The number of carboxylic acid groups (broad SMARTS) is 5. The second-order valence-corrected chi connectivity index (χ2v) is 11.7. The predicted octanol–water partition coefficient (Wildman–Crippen LogP) is -6.64. The summed E-state index contributed by atoms with van der Waals surface area (Å²) < 4.78 is 5.87. The van der Waals surface area contributed by atoms with Crippen LogP contribution in [0.4, 0.5) is 5.69 Å². The minimum absolute atomic E-state index is 0.199. The fourth-order valence-electron chi connectivity index (χ4n) is 5.49. The Morgan fingerprint density at radius 3 is 1.88 bits per heavy atom. The molecule has 2 atom stereocenters. The number of para-hydroxylation sites is 1. The first-order valence-corrected chi connectivity index (χ1v) is 15.8. The quantitative estimate of drug-likeness (QED) is 0.115. The van der Waals surface area contributed by atoms with E-state index in [1.165, 1.54) is 4.90 Å². The lowest BCUT2D eigenvalue weighted by Crippen LogP contribution is -2.56. The fourth-order valence-corrected chi connectivity index (χ4v) is 5.49. The van der Waals surface area contributed by atoms with Gasteiger partial charge >= 0.3 is 0 Å². The summed E-state index contributed by atoms with van der Waals surface area (Å²) in [6, 6.07) is 11.6. The number of benzene rings is 2. The maximum absolute atomic E-state index is 12.9. The van der Waals surface area contributed by atoms with E-state index in [1.807, 2.05) is 0 Å². The molecule has 0 aliphatic carbocycles. The molecule has 18 heteroatoms. The first kappa shape index (κ1) is 39.8. The number of hydrogen-bond acceptors (Lipinski definition) is 16. The van der Waals surface area contributed by atoms with Crippen molar-refractivity contribution in [2.24, 2.45) is 0 Å². The van der Waals surface area contributed by atoms with Crippen molar-refractivity contribution in [3.63, 3.8) is 0 Å². The Morgan fingerprint density at radius 2 is 1.31 bits per heavy atom. The number of nitrogens with one attached hydrogen (secondary N) is 2. The molecule has 1 fully saturated rings. The van der Waals surface area contributed by atoms with Crippen molar-refractivity contribution in [3.8, 4) is 16.9 Å². The first-order valence-electron chi connectivity index (χ1n) is 15.8. The van der Waals surface area contributed by atoms with Crippen LogP contribution >= 0.6 is 0 Å². The van der Waals surface area contributed by atoms with Gasteiger partial charge < -0.3 is 64.9 Å². The number of carbonyl (C=O) groups is 7. The molecular formula is C33H36N5O13-5. The van der Waals surface area contributed by atoms with E-state index in [0.717, 1.165) is 9.80 Å². The number of carboxylic acids is 5. The highest BCUT2D eigenvalue weighted by molar-refractivity contribution is 6.00. The van der Waals surface area contributed by atoms with Crippen LogP contribution in [0.15, 0.2) is 48.5 Å². The van der Waals surface area contributed by atoms with Gasteiger partial charge in [0.1, 0.15) is 18.4 Å². The van der Waals surface area contributed by atoms with Gasteiger partial charge in [0.15, 0.2) is 0 Å². The minimum Gasteiger partial charge on any atom is -0.549 e. The van der Waals surface area contributed by atoms with Gasteiger partial charge in [-0.05, 0) is 36.6 Å². The molecule has 1 aliphatic rings. The van der Waals surface area contributed by atoms with Gasteiger partial charge in [-0.25, -0.2) is 0 Å². The normalized spacial score (nSPS) is 14.9. The highest BCUT2D eigenvalue weighted by atomic mass is 16.5. The average molecular weight is 711 g/mol. The summed E-state index contributed by atoms with van der Waals surface area (Å²) in [6.45, 7) is -5.53. The van der Waals surface area contributed by atoms with Gasteiger partial charge in [-0.2, -0.15) is 0 Å². The van der Waals surface area contributed by atoms with Crippen molar-refractivity contribution >= 4 is 47.3 Å². The third-order valence-corrected chi connectivity index (χ3v) is 7.78. The van der Waals surface area contributed by atoms with Crippen LogP contribution in [0.1, 0.15) is 19.3 Å². The molecule has 3 rings (SSSR count). The van der Waals surface area contributed by atoms with Crippen molar-refractivity contribution in [1.29, 1.82) is 0 Å². The molecule has 276 valence electrons. The van der Waals surface area contributed by atoms with Crippen molar-refractivity contribution in [2.45, 2.75) is 31.3 Å². The van der Waals surface area contributed by atoms with E-state index in [-0.39, 0.29) is 43.8 Å². The molecule has 0 saturated carbocycles. The zero-order valence-corrected chi connectivity index (χ0v) is 27.4. The zero-order chi connectivity index (χ0) is 37.5. The van der Waals surface area contributed by atoms with Gasteiger partial charge in [-0.3, -0.25) is 24.3 Å². The van der Waals surface area contributed by atoms with Crippen LogP contribution in [-0.4, -0.2) is 127 Å². The Balaban J connectivity index is 1.79. The van der Waals surface area contributed by atoms with Crippen molar-refractivity contribution in [3.05, 3.63) is 48.5 Å². The highest BCUT2D eigenvalue weighted by Gasteiger charge is 2.26. The monoisotopic (exact) mass is 710 g/mol. The molecule has 1 aliphatic heterocycles. The number of carbonyl (C=O) groups excluding carboxylic acids is 7. The summed E-state index contributed by atoms with van der Waals surface area (Å²) >= 11 is 0. The molecule has 0 radical (unpaired) electrons. The number of nitrogens with zero attached hydrogens (tertiary/aromatic N) is 3. The third kappa shape index (κ3) is 14.0. The van der Waals surface area contributed by atoms with E-state index in [4.69, 9.17) is 4.74 Å². The number of anilines is 1. The second-order valence-electron chi connectivity index (χ2n) is 11.7. The largest absolute Gasteiger partial charge is 0.549 e. The summed E-state index contributed by atoms with van der Waals surface area (Å²) in [6.07, 6.45) is 1.45. The van der Waals surface area contributed by atoms with Crippen molar-refractivity contribution in [1.82, 2.24) is 20.0 Å². The third-order valence-electron chi connectivity index (χ3n) is 7.78. The molecular weight excluding hydrogens is 674 g/mol. The molecule has 2 aromatic carbocycles. The van der Waals surface area contributed by atoms with Crippen LogP contribution in [-0.2, 0) is 33.6 Å². The average Bonchev–Trinajstić information content (AvgIpc) is 3.04. The minimum atomic E-state index is -1.65. The molecule has 2 N–H and O–H groups in total. The number of hydrogen-bond donors (Lipinski definition) is 2. The van der Waals surface area contributed by atoms with Crippen LogP contribution in [0.5, 0.6) is 5.75 Å². The van der Waals surface area contributed by atoms with Crippen molar-refractivity contribution in [2.75, 3.05) is 64.3 Å². The van der Waals surface area contributed by atoms with E-state index in [9.17, 15) is 59.1 Å². The Hall–Kier alpha value is -5.59. The van der Waals surface area contributed by atoms with Crippen LogP contribution in [0, 0.1) is 0 Å². The molecule has 18 nitrogen and oxygen atoms in total. The van der Waals surface area contributed by atoms with E-state index in [1.54, 1.807) is 48.5 Å². The van der Waals surface area contributed by atoms with Crippen molar-refractivity contribution < 1.29 is 63.8 Å². The molecule has 1 heterocycles. The lowest BCUT2D eigenvalue weighted by Gasteiger charge is -2.36. The Labute approximate surface area is 292 Å². The van der Waals surface area contributed by atoms with Gasteiger partial charge in [-0.15, -0.1) is 0 Å². The summed E-state index contributed by atoms with van der Waals surface area (Å²) in [5.74, 6) is -8.40. The number of aliphatic carboxylic acids is 5. The molecule has 2 amide bonds. The molecule has 0 aromatic heterocycles. The zero-order valence-electron chi connectivity index (χ0n) is 27.4. The van der Waals surface area contributed by atoms with Crippen LogP contribution < -0.4 is 40.9 Å². The molecule has 0 bridgehead atoms. The Kier molecular flexibility index (Phi) is 15.3. The van der Waals surface area contributed by atoms with Gasteiger partial charge in [0.05, 0.1) is 35.9 Å². The Bertz CT molecular complexity index is 1540. The van der Waals surface area contributed by atoms with Gasteiger partial charge in [0.25, 0.3) is 0 Å². The van der Waals surface area contributed by atoms with E-state index >= 15 is 0 Å². The number of amides is 2. The molecule has 51 heavy (non-hydrogen) atoms. The first-order chi connectivity index (χ1) is 24.2. The fraction of sp³-hybridized carbons (Fsp3) is 0.424. The summed E-state index contributed by atoms with van der Waals surface area (Å²) in [5.41, 5.74) is 1.80. The smallest absolute Gasteiger partial charge is 0.246 e. The maximum atomic E-state index is 12.9. The summed E-state index contributed by atoms with van der Waals surface area (Å²) in [5, 5.41) is 62.3. The number of piperidine rings is 1. The molecule has 0 spiro atoms. The van der Waals surface area contributed by atoms with Gasteiger partial charge in [-0.1, -0.05) is 30.3 Å². The number of ether oxygens (including phenoxy) is 1.